The van der Waals surface area contributed by atoms with E-state index >= 15 is 0 Å². The van der Waals surface area contributed by atoms with Crippen LogP contribution in [0.15, 0.2) is 122 Å². The van der Waals surface area contributed by atoms with Crippen LogP contribution < -0.4 is 18.9 Å². The maximum atomic E-state index is 6.22. The van der Waals surface area contributed by atoms with E-state index in [4.69, 9.17) is 48.4 Å². The zero-order valence-corrected chi connectivity index (χ0v) is 31.2. The summed E-state index contributed by atoms with van der Waals surface area (Å²) in [5, 5.41) is 0. The molecular formula is C44H36N8O6. The third-order valence-corrected chi connectivity index (χ3v) is 9.03. The van der Waals surface area contributed by atoms with E-state index < -0.39 is 0 Å². The molecule has 0 fully saturated rings. The minimum atomic E-state index is 0.250. The number of pyridine rings is 4. The van der Waals surface area contributed by atoms with Crippen molar-refractivity contribution in [2.75, 3.05) is 52.9 Å². The quantitative estimate of drug-likeness (QED) is 0.179. The molecule has 0 atom stereocenters. The lowest BCUT2D eigenvalue weighted by Gasteiger charge is -2.17. The Labute approximate surface area is 332 Å². The van der Waals surface area contributed by atoms with Gasteiger partial charge in [-0.3, -0.25) is 19.9 Å². The Kier molecular flexibility index (Phi) is 10.9. The molecule has 0 spiro atoms. The SMILES string of the molecule is c1ccc(-c2nc3cc4c(cc3nc2-c2ccccn2)OCCOCCOc2cc3nc(-c5ccccn5)c(-c5ccccn5)nc3cc2OCCOCCO4)nc1. The Morgan fingerprint density at radius 1 is 0.310 bits per heavy atom. The van der Waals surface area contributed by atoms with Gasteiger partial charge in [-0.15, -0.1) is 0 Å². The van der Waals surface area contributed by atoms with E-state index in [2.05, 4.69) is 19.9 Å². The summed E-state index contributed by atoms with van der Waals surface area (Å²) in [5.41, 5.74) is 7.60. The smallest absolute Gasteiger partial charge is 0.163 e. The van der Waals surface area contributed by atoms with Gasteiger partial charge >= 0.3 is 0 Å². The van der Waals surface area contributed by atoms with Gasteiger partial charge in [-0.05, 0) is 48.5 Å². The van der Waals surface area contributed by atoms with Gasteiger partial charge in [-0.2, -0.15) is 0 Å². The lowest BCUT2D eigenvalue weighted by molar-refractivity contribution is 0.0641. The highest BCUT2D eigenvalue weighted by molar-refractivity contribution is 5.88. The van der Waals surface area contributed by atoms with Crippen molar-refractivity contribution in [1.82, 2.24) is 39.9 Å². The largest absolute Gasteiger partial charge is 0.487 e. The van der Waals surface area contributed by atoms with Crippen LogP contribution in [0.5, 0.6) is 23.0 Å². The first kappa shape index (κ1) is 36.5. The first-order chi connectivity index (χ1) is 28.8. The monoisotopic (exact) mass is 772 g/mol. The van der Waals surface area contributed by atoms with Gasteiger partial charge in [0.2, 0.25) is 0 Å². The number of nitrogens with zero attached hydrogens (tertiary/aromatic N) is 8. The third kappa shape index (κ3) is 8.19. The molecule has 1 aliphatic rings. The van der Waals surface area contributed by atoms with Crippen LogP contribution in [-0.2, 0) is 9.47 Å². The Bertz CT molecular complexity index is 2280. The van der Waals surface area contributed by atoms with E-state index in [-0.39, 0.29) is 26.4 Å². The molecule has 0 N–H and O–H groups in total. The molecule has 1 aliphatic heterocycles. The highest BCUT2D eigenvalue weighted by atomic mass is 16.6. The summed E-state index contributed by atoms with van der Waals surface area (Å²) in [7, 11) is 0. The van der Waals surface area contributed by atoms with Gasteiger partial charge in [0.15, 0.2) is 23.0 Å². The number of benzene rings is 2. The molecule has 58 heavy (non-hydrogen) atoms. The number of hydrogen-bond donors (Lipinski definition) is 0. The molecule has 0 unspecified atom stereocenters. The average Bonchev–Trinajstić information content (AvgIpc) is 3.28. The van der Waals surface area contributed by atoms with Crippen LogP contribution in [0.3, 0.4) is 0 Å². The molecular weight excluding hydrogens is 737 g/mol. The van der Waals surface area contributed by atoms with E-state index in [9.17, 15) is 0 Å². The second kappa shape index (κ2) is 17.3. The molecule has 0 radical (unpaired) electrons. The van der Waals surface area contributed by atoms with Gasteiger partial charge in [0.25, 0.3) is 0 Å². The molecule has 9 rings (SSSR count). The molecule has 0 saturated heterocycles. The molecule has 2 aromatic carbocycles. The van der Waals surface area contributed by atoms with Gasteiger partial charge in [0, 0.05) is 49.1 Å². The molecule has 0 saturated carbocycles. The Hall–Kier alpha value is -7.16. The van der Waals surface area contributed by atoms with Gasteiger partial charge < -0.3 is 28.4 Å². The fraction of sp³-hybridized carbons (Fsp3) is 0.182. The minimum absolute atomic E-state index is 0.250. The topological polar surface area (TPSA) is 158 Å². The van der Waals surface area contributed by atoms with Crippen molar-refractivity contribution in [2.24, 2.45) is 0 Å². The van der Waals surface area contributed by atoms with Crippen molar-refractivity contribution in [3.8, 4) is 68.5 Å². The van der Waals surface area contributed by atoms with Gasteiger partial charge in [-0.25, -0.2) is 19.9 Å². The van der Waals surface area contributed by atoms with E-state index in [1.54, 1.807) is 24.8 Å². The Morgan fingerprint density at radius 3 is 0.793 bits per heavy atom. The second-order valence-corrected chi connectivity index (χ2v) is 12.9. The maximum Gasteiger partial charge on any atom is 0.163 e. The van der Waals surface area contributed by atoms with Crippen LogP contribution in [0.4, 0.5) is 0 Å². The molecule has 0 aliphatic carbocycles. The summed E-state index contributed by atoms with van der Waals surface area (Å²) in [6.45, 7) is 2.18. The van der Waals surface area contributed by atoms with E-state index in [1.165, 1.54) is 0 Å². The number of aromatic nitrogens is 8. The predicted octanol–water partition coefficient (Wildman–Crippen LogP) is 7.08. The van der Waals surface area contributed by atoms with Crippen LogP contribution in [0.2, 0.25) is 0 Å². The summed E-state index contributed by atoms with van der Waals surface area (Å²) in [4.78, 5) is 38.2. The molecule has 0 bridgehead atoms. The molecule has 8 aromatic rings. The fourth-order valence-electron chi connectivity index (χ4n) is 6.35. The number of fused-ring (bicyclic) bond motifs is 4. The molecule has 0 amide bonds. The lowest BCUT2D eigenvalue weighted by Crippen LogP contribution is -2.15. The first-order valence-electron chi connectivity index (χ1n) is 18.8. The van der Waals surface area contributed by atoms with Crippen LogP contribution in [0, 0.1) is 0 Å². The van der Waals surface area contributed by atoms with Crippen LogP contribution in [-0.4, -0.2) is 92.7 Å². The van der Waals surface area contributed by atoms with Crippen LogP contribution in [0.25, 0.3) is 67.6 Å². The van der Waals surface area contributed by atoms with Gasteiger partial charge in [0.05, 0.1) is 71.3 Å². The van der Waals surface area contributed by atoms with Gasteiger partial charge in [0.1, 0.15) is 49.2 Å². The standard InChI is InChI=1S/C44H36N8O6/c1-5-13-45-29(9-1)41-42(30-10-2-6-14-46-30)50-34-26-38-37(25-33(34)49-41)55-21-17-53-19-23-57-39-27-35-36(28-40(39)58-24-20-54-18-22-56-38)52-44(32-12-4-8-16-48-32)43(51-35)31-11-3-7-15-47-31/h1-16,25-28H,17-24H2. The Balaban J connectivity index is 0.961. The third-order valence-electron chi connectivity index (χ3n) is 9.03. The number of hydrogen-bond acceptors (Lipinski definition) is 14. The molecule has 288 valence electrons. The van der Waals surface area contributed by atoms with E-state index in [0.29, 0.717) is 117 Å². The summed E-state index contributed by atoms with van der Waals surface area (Å²) in [6, 6.07) is 30.0. The molecule has 6 aromatic heterocycles. The van der Waals surface area contributed by atoms with Crippen molar-refractivity contribution >= 4 is 22.1 Å². The van der Waals surface area contributed by atoms with Crippen LogP contribution >= 0.6 is 0 Å². The molecule has 14 nitrogen and oxygen atoms in total. The Morgan fingerprint density at radius 2 is 0.569 bits per heavy atom. The second-order valence-electron chi connectivity index (χ2n) is 12.9. The summed E-state index contributed by atoms with van der Waals surface area (Å²) in [5.74, 6) is 2.01. The van der Waals surface area contributed by atoms with Crippen LogP contribution in [0.1, 0.15) is 0 Å². The average molecular weight is 773 g/mol. The van der Waals surface area contributed by atoms with Crippen molar-refractivity contribution < 1.29 is 28.4 Å². The molecule has 7 heterocycles. The fourth-order valence-corrected chi connectivity index (χ4v) is 6.35. The van der Waals surface area contributed by atoms with Crippen molar-refractivity contribution in [2.45, 2.75) is 0 Å². The summed E-state index contributed by atoms with van der Waals surface area (Å²) in [6.07, 6.45) is 6.91. The number of ether oxygens (including phenoxy) is 6. The van der Waals surface area contributed by atoms with Crippen molar-refractivity contribution in [3.63, 3.8) is 0 Å². The molecule has 14 heteroatoms. The van der Waals surface area contributed by atoms with E-state index in [0.717, 1.165) is 0 Å². The number of rotatable bonds is 4. The van der Waals surface area contributed by atoms with Gasteiger partial charge in [-0.1, -0.05) is 24.3 Å². The zero-order chi connectivity index (χ0) is 38.9. The highest BCUT2D eigenvalue weighted by Gasteiger charge is 2.20. The first-order valence-corrected chi connectivity index (χ1v) is 18.8. The highest BCUT2D eigenvalue weighted by Crippen LogP contribution is 2.37. The van der Waals surface area contributed by atoms with Crippen molar-refractivity contribution in [1.29, 1.82) is 0 Å². The van der Waals surface area contributed by atoms with Crippen molar-refractivity contribution in [3.05, 3.63) is 122 Å². The minimum Gasteiger partial charge on any atom is -0.487 e. The maximum absolute atomic E-state index is 6.22. The zero-order valence-electron chi connectivity index (χ0n) is 31.2. The normalized spacial score (nSPS) is 14.1. The lowest BCUT2D eigenvalue weighted by atomic mass is 10.1. The summed E-state index contributed by atoms with van der Waals surface area (Å²) < 4.78 is 36.8. The summed E-state index contributed by atoms with van der Waals surface area (Å²) >= 11 is 0. The predicted molar refractivity (Wildman–Crippen MR) is 216 cm³/mol. The van der Waals surface area contributed by atoms with E-state index in [1.807, 2.05) is 97.1 Å².